The molecule has 0 saturated carbocycles. The molecule has 0 bridgehead atoms. The van der Waals surface area contributed by atoms with E-state index >= 15 is 0 Å². The van der Waals surface area contributed by atoms with Crippen LogP contribution in [0.3, 0.4) is 0 Å². The van der Waals surface area contributed by atoms with Gasteiger partial charge in [-0.2, -0.15) is 0 Å². The summed E-state index contributed by atoms with van der Waals surface area (Å²) < 4.78 is 10.2. The molecule has 0 amide bonds. The van der Waals surface area contributed by atoms with E-state index in [-0.39, 0.29) is 12.4 Å². The maximum atomic E-state index is 10.5. The molecule has 0 radical (unpaired) electrons. The lowest BCUT2D eigenvalue weighted by Gasteiger charge is -2.06. The minimum atomic E-state index is -0.399. The minimum Gasteiger partial charge on any atom is -0.391 e. The summed E-state index contributed by atoms with van der Waals surface area (Å²) in [4.78, 5) is 10.5. The number of hydrogen-bond donors (Lipinski definition) is 1. The van der Waals surface area contributed by atoms with Crippen LogP contribution in [0.5, 0.6) is 0 Å². The topological polar surface area (TPSA) is 55.8 Å². The highest BCUT2D eigenvalue weighted by Crippen LogP contribution is 1.92. The fourth-order valence-electron chi connectivity index (χ4n) is 0.878. The van der Waals surface area contributed by atoms with E-state index in [1.54, 1.807) is 6.92 Å². The molecule has 0 fully saturated rings. The number of hydrogen-bond acceptors (Lipinski definition) is 4. The van der Waals surface area contributed by atoms with E-state index in [0.29, 0.717) is 19.8 Å². The molecule has 1 N–H and O–H groups in total. The first-order valence-corrected chi connectivity index (χ1v) is 4.96. The predicted molar refractivity (Wildman–Crippen MR) is 53.2 cm³/mol. The molecule has 0 saturated heterocycles. The van der Waals surface area contributed by atoms with E-state index < -0.39 is 6.10 Å². The van der Waals surface area contributed by atoms with Crippen LogP contribution in [0.2, 0.25) is 0 Å². The van der Waals surface area contributed by atoms with Gasteiger partial charge in [0.05, 0.1) is 12.7 Å². The maximum Gasteiger partial charge on any atom is 0.155 e. The van der Waals surface area contributed by atoms with E-state index in [1.165, 1.54) is 6.92 Å². The Morgan fingerprint density at radius 3 is 2.36 bits per heavy atom. The van der Waals surface area contributed by atoms with Crippen LogP contribution in [-0.2, 0) is 14.3 Å². The highest BCUT2D eigenvalue weighted by Gasteiger charge is 1.96. The summed E-state index contributed by atoms with van der Waals surface area (Å²) in [5.41, 5.74) is 0. The first kappa shape index (κ1) is 13.5. The van der Waals surface area contributed by atoms with Crippen molar-refractivity contribution in [1.82, 2.24) is 0 Å². The molecule has 0 aliphatic rings. The molecule has 14 heavy (non-hydrogen) atoms. The largest absolute Gasteiger partial charge is 0.391 e. The number of rotatable bonds is 9. The SMILES string of the molecule is CC(=O)COCCCCOCC(C)O. The van der Waals surface area contributed by atoms with Gasteiger partial charge in [0.2, 0.25) is 0 Å². The third-order valence-electron chi connectivity index (χ3n) is 1.49. The Balaban J connectivity index is 2.96. The minimum absolute atomic E-state index is 0.0513. The second kappa shape index (κ2) is 9.12. The van der Waals surface area contributed by atoms with Gasteiger partial charge in [-0.1, -0.05) is 0 Å². The number of aliphatic hydroxyl groups is 1. The fourth-order valence-corrected chi connectivity index (χ4v) is 0.878. The Kier molecular flexibility index (Phi) is 8.83. The smallest absolute Gasteiger partial charge is 0.155 e. The summed E-state index contributed by atoms with van der Waals surface area (Å²) in [5, 5.41) is 8.87. The van der Waals surface area contributed by atoms with Gasteiger partial charge in [-0.05, 0) is 26.7 Å². The van der Waals surface area contributed by atoms with Crippen LogP contribution >= 0.6 is 0 Å². The van der Waals surface area contributed by atoms with Crippen LogP contribution < -0.4 is 0 Å². The molecule has 0 heterocycles. The van der Waals surface area contributed by atoms with Crippen molar-refractivity contribution in [3.63, 3.8) is 0 Å². The van der Waals surface area contributed by atoms with E-state index in [9.17, 15) is 4.79 Å². The Morgan fingerprint density at radius 2 is 1.86 bits per heavy atom. The van der Waals surface area contributed by atoms with Gasteiger partial charge in [0, 0.05) is 13.2 Å². The van der Waals surface area contributed by atoms with Crippen LogP contribution in [0.1, 0.15) is 26.7 Å². The van der Waals surface area contributed by atoms with Crippen molar-refractivity contribution < 1.29 is 19.4 Å². The van der Waals surface area contributed by atoms with Gasteiger partial charge in [0.25, 0.3) is 0 Å². The quantitative estimate of drug-likeness (QED) is 0.564. The van der Waals surface area contributed by atoms with Crippen LogP contribution in [0, 0.1) is 0 Å². The Labute approximate surface area is 85.2 Å². The van der Waals surface area contributed by atoms with Gasteiger partial charge < -0.3 is 14.6 Å². The monoisotopic (exact) mass is 204 g/mol. The van der Waals surface area contributed by atoms with E-state index in [2.05, 4.69) is 0 Å². The van der Waals surface area contributed by atoms with Crippen LogP contribution in [0.25, 0.3) is 0 Å². The molecule has 0 rings (SSSR count). The van der Waals surface area contributed by atoms with Gasteiger partial charge in [-0.15, -0.1) is 0 Å². The Bertz CT molecular complexity index is 145. The molecule has 0 aromatic rings. The standard InChI is InChI=1S/C10H20O4/c1-9(11)7-13-5-3-4-6-14-8-10(2)12/h9,11H,3-8H2,1-2H3. The number of unbranched alkanes of at least 4 members (excludes halogenated alkanes) is 1. The van der Waals surface area contributed by atoms with Crippen molar-refractivity contribution in [2.45, 2.75) is 32.8 Å². The van der Waals surface area contributed by atoms with Crippen molar-refractivity contribution in [1.29, 1.82) is 0 Å². The number of Topliss-reactive ketones (excluding diaryl/α,β-unsaturated/α-hetero) is 1. The molecule has 1 atom stereocenters. The molecule has 0 spiro atoms. The molecule has 1 unspecified atom stereocenters. The summed E-state index contributed by atoms with van der Waals surface area (Å²) in [6.45, 7) is 5.01. The zero-order valence-electron chi connectivity index (χ0n) is 8.99. The lowest BCUT2D eigenvalue weighted by atomic mass is 10.3. The van der Waals surface area contributed by atoms with Gasteiger partial charge in [-0.3, -0.25) is 4.79 Å². The zero-order valence-corrected chi connectivity index (χ0v) is 8.99. The second-order valence-corrected chi connectivity index (χ2v) is 3.39. The zero-order chi connectivity index (χ0) is 10.8. The van der Waals surface area contributed by atoms with Gasteiger partial charge in [0.15, 0.2) is 5.78 Å². The molecular weight excluding hydrogens is 184 g/mol. The van der Waals surface area contributed by atoms with Crippen molar-refractivity contribution in [3.8, 4) is 0 Å². The number of carbonyl (C=O) groups is 1. The second-order valence-electron chi connectivity index (χ2n) is 3.39. The molecule has 0 aromatic carbocycles. The third kappa shape index (κ3) is 11.6. The maximum absolute atomic E-state index is 10.5. The predicted octanol–water partition coefficient (Wildman–Crippen LogP) is 0.770. The Hall–Kier alpha value is -0.450. The molecule has 0 aliphatic carbocycles. The molecule has 0 aromatic heterocycles. The normalized spacial score (nSPS) is 12.8. The molecule has 84 valence electrons. The third-order valence-corrected chi connectivity index (χ3v) is 1.49. The summed E-state index contributed by atoms with van der Waals surface area (Å²) in [6.07, 6.45) is 1.38. The molecular formula is C10H20O4. The van der Waals surface area contributed by atoms with Crippen molar-refractivity contribution >= 4 is 5.78 Å². The van der Waals surface area contributed by atoms with E-state index in [1.807, 2.05) is 0 Å². The summed E-state index contributed by atoms with van der Waals surface area (Å²) >= 11 is 0. The number of carbonyl (C=O) groups excluding carboxylic acids is 1. The van der Waals surface area contributed by atoms with Crippen molar-refractivity contribution in [2.24, 2.45) is 0 Å². The first-order valence-electron chi connectivity index (χ1n) is 4.96. The van der Waals surface area contributed by atoms with E-state index in [4.69, 9.17) is 14.6 Å². The lowest BCUT2D eigenvalue weighted by molar-refractivity contribution is -0.121. The van der Waals surface area contributed by atoms with Gasteiger partial charge >= 0.3 is 0 Å². The van der Waals surface area contributed by atoms with E-state index in [0.717, 1.165) is 12.8 Å². The van der Waals surface area contributed by atoms with Crippen molar-refractivity contribution in [2.75, 3.05) is 26.4 Å². The van der Waals surface area contributed by atoms with Gasteiger partial charge in [0.1, 0.15) is 6.61 Å². The van der Waals surface area contributed by atoms with Gasteiger partial charge in [-0.25, -0.2) is 0 Å². The lowest BCUT2D eigenvalue weighted by Crippen LogP contribution is -2.11. The summed E-state index contributed by atoms with van der Waals surface area (Å²) in [6, 6.07) is 0. The number of ether oxygens (including phenoxy) is 2. The molecule has 4 heteroatoms. The Morgan fingerprint density at radius 1 is 1.29 bits per heavy atom. The number of aliphatic hydroxyl groups excluding tert-OH is 1. The van der Waals surface area contributed by atoms with Crippen molar-refractivity contribution in [3.05, 3.63) is 0 Å². The molecule has 0 aliphatic heterocycles. The average Bonchev–Trinajstić information content (AvgIpc) is 2.08. The molecule has 4 nitrogen and oxygen atoms in total. The summed E-state index contributed by atoms with van der Waals surface area (Å²) in [5.74, 6) is 0.0513. The fraction of sp³-hybridized carbons (Fsp3) is 0.900. The van der Waals surface area contributed by atoms with Crippen LogP contribution in [0.4, 0.5) is 0 Å². The first-order chi connectivity index (χ1) is 6.63. The van der Waals surface area contributed by atoms with Crippen LogP contribution in [0.15, 0.2) is 0 Å². The van der Waals surface area contributed by atoms with Crippen LogP contribution in [-0.4, -0.2) is 43.4 Å². The average molecular weight is 204 g/mol. The highest BCUT2D eigenvalue weighted by atomic mass is 16.5. The number of ketones is 1. The highest BCUT2D eigenvalue weighted by molar-refractivity contribution is 5.76. The summed E-state index contributed by atoms with van der Waals surface area (Å²) in [7, 11) is 0.